The number of rotatable bonds is 3. The summed E-state index contributed by atoms with van der Waals surface area (Å²) < 4.78 is 14.0. The van der Waals surface area contributed by atoms with Gasteiger partial charge in [-0.25, -0.2) is 9.38 Å². The Morgan fingerprint density at radius 2 is 2.09 bits per heavy atom. The first kappa shape index (κ1) is 17.3. The molecule has 1 aliphatic rings. The van der Waals surface area contributed by atoms with Crippen LogP contribution in [0.2, 0.25) is 0 Å². The lowest BCUT2D eigenvalue weighted by molar-refractivity contribution is 0.208. The van der Waals surface area contributed by atoms with Gasteiger partial charge in [-0.15, -0.1) is 0 Å². The van der Waals surface area contributed by atoms with E-state index >= 15 is 0 Å². The molecule has 2 unspecified atom stereocenters. The monoisotopic (exact) mass is 316 g/mol. The third-order valence-corrected chi connectivity index (χ3v) is 4.08. The van der Waals surface area contributed by atoms with Crippen molar-refractivity contribution >= 4 is 5.96 Å². The minimum absolute atomic E-state index is 0.277. The molecule has 23 heavy (non-hydrogen) atoms. The zero-order valence-electron chi connectivity index (χ0n) is 14.1. The number of nitrogens with zero attached hydrogens (tertiary/aromatic N) is 3. The van der Waals surface area contributed by atoms with E-state index in [1.165, 1.54) is 12.5 Å². The summed E-state index contributed by atoms with van der Waals surface area (Å²) in [6.45, 7) is 9.57. The molecule has 0 saturated carbocycles. The third-order valence-electron chi connectivity index (χ3n) is 4.08. The lowest BCUT2D eigenvalue weighted by atomic mass is 9.92. The Bertz CT molecular complexity index is 596. The zero-order chi connectivity index (χ0) is 16.8. The van der Waals surface area contributed by atoms with Gasteiger partial charge in [-0.3, -0.25) is 0 Å². The van der Waals surface area contributed by atoms with Crippen molar-refractivity contribution in [3.63, 3.8) is 0 Å². The molecule has 0 aliphatic carbocycles. The third kappa shape index (κ3) is 4.69. The summed E-state index contributed by atoms with van der Waals surface area (Å²) in [5.41, 5.74) is 0.846. The average molecular weight is 316 g/mol. The number of likely N-dealkylation sites (tertiary alicyclic amines) is 1. The molecule has 1 aromatic carbocycles. The van der Waals surface area contributed by atoms with Crippen LogP contribution in [0.5, 0.6) is 0 Å². The van der Waals surface area contributed by atoms with Crippen molar-refractivity contribution in [2.24, 2.45) is 16.8 Å². The highest BCUT2D eigenvalue weighted by molar-refractivity contribution is 5.80. The van der Waals surface area contributed by atoms with Gasteiger partial charge in [0.2, 0.25) is 0 Å². The van der Waals surface area contributed by atoms with Crippen LogP contribution in [0.25, 0.3) is 0 Å². The molecule has 1 saturated heterocycles. The Balaban J connectivity index is 2.14. The van der Waals surface area contributed by atoms with Crippen molar-refractivity contribution in [3.8, 4) is 6.07 Å². The average Bonchev–Trinajstić information content (AvgIpc) is 2.51. The molecule has 0 aromatic heterocycles. The second kappa shape index (κ2) is 7.96. The molecule has 2 atom stereocenters. The highest BCUT2D eigenvalue weighted by atomic mass is 19.1. The molecular formula is C18H25FN4. The van der Waals surface area contributed by atoms with Gasteiger partial charge in [-0.1, -0.05) is 19.9 Å². The smallest absolute Gasteiger partial charge is 0.194 e. The Morgan fingerprint density at radius 3 is 2.65 bits per heavy atom. The van der Waals surface area contributed by atoms with Gasteiger partial charge in [0.25, 0.3) is 0 Å². The van der Waals surface area contributed by atoms with Gasteiger partial charge < -0.3 is 10.2 Å². The van der Waals surface area contributed by atoms with Crippen molar-refractivity contribution in [2.45, 2.75) is 33.7 Å². The fourth-order valence-corrected chi connectivity index (χ4v) is 3.17. The predicted molar refractivity (Wildman–Crippen MR) is 90.4 cm³/mol. The van der Waals surface area contributed by atoms with E-state index in [4.69, 9.17) is 5.26 Å². The summed E-state index contributed by atoms with van der Waals surface area (Å²) in [7, 11) is 0. The molecular weight excluding hydrogens is 291 g/mol. The maximum Gasteiger partial charge on any atom is 0.194 e. The number of nitrogens with one attached hydrogen (secondary N) is 1. The first-order valence-electron chi connectivity index (χ1n) is 8.25. The number of benzene rings is 1. The van der Waals surface area contributed by atoms with Crippen molar-refractivity contribution in [1.29, 1.82) is 5.26 Å². The fraction of sp³-hybridized carbons (Fsp3) is 0.556. The van der Waals surface area contributed by atoms with Crippen LogP contribution in [0, 0.1) is 29.0 Å². The van der Waals surface area contributed by atoms with Crippen LogP contribution in [0.15, 0.2) is 23.2 Å². The van der Waals surface area contributed by atoms with E-state index < -0.39 is 0 Å². The highest BCUT2D eigenvalue weighted by Gasteiger charge is 2.24. The molecule has 5 heteroatoms. The largest absolute Gasteiger partial charge is 0.357 e. The van der Waals surface area contributed by atoms with Gasteiger partial charge in [0, 0.05) is 25.2 Å². The summed E-state index contributed by atoms with van der Waals surface area (Å²) in [6, 6.07) is 6.48. The van der Waals surface area contributed by atoms with Crippen LogP contribution in [0.3, 0.4) is 0 Å². The van der Waals surface area contributed by atoms with Crippen molar-refractivity contribution < 1.29 is 4.39 Å². The molecule has 0 amide bonds. The first-order valence-corrected chi connectivity index (χ1v) is 8.25. The van der Waals surface area contributed by atoms with Crippen LogP contribution in [-0.2, 0) is 6.54 Å². The van der Waals surface area contributed by atoms with E-state index in [9.17, 15) is 4.39 Å². The summed E-state index contributed by atoms with van der Waals surface area (Å²) in [4.78, 5) is 6.87. The highest BCUT2D eigenvalue weighted by Crippen LogP contribution is 2.21. The second-order valence-electron chi connectivity index (χ2n) is 6.44. The molecule has 1 aromatic rings. The number of piperidine rings is 1. The summed E-state index contributed by atoms with van der Waals surface area (Å²) in [5.74, 6) is 1.74. The minimum atomic E-state index is -0.371. The molecule has 0 bridgehead atoms. The van der Waals surface area contributed by atoms with Gasteiger partial charge in [0.15, 0.2) is 5.96 Å². The molecule has 0 radical (unpaired) electrons. The zero-order valence-corrected chi connectivity index (χ0v) is 14.1. The van der Waals surface area contributed by atoms with Crippen LogP contribution < -0.4 is 5.32 Å². The molecule has 1 aliphatic heterocycles. The maximum atomic E-state index is 14.0. The number of hydrogen-bond acceptors (Lipinski definition) is 2. The van der Waals surface area contributed by atoms with E-state index in [-0.39, 0.29) is 12.4 Å². The lowest BCUT2D eigenvalue weighted by Crippen LogP contribution is -2.48. The standard InChI is InChI=1S/C18H25FN4/c1-4-21-18(23-11-13(2)7-14(3)12-23)22-10-16-6-5-15(9-20)8-17(16)19/h5-6,8,13-14H,4,7,10-12H2,1-3H3,(H,21,22). The van der Waals surface area contributed by atoms with Gasteiger partial charge in [0.1, 0.15) is 5.82 Å². The summed E-state index contributed by atoms with van der Waals surface area (Å²) in [6.07, 6.45) is 1.24. The number of guanidine groups is 1. The van der Waals surface area contributed by atoms with Gasteiger partial charge in [-0.2, -0.15) is 5.26 Å². The molecule has 4 nitrogen and oxygen atoms in total. The predicted octanol–water partition coefficient (Wildman–Crippen LogP) is 3.14. The normalized spacial score (nSPS) is 21.9. The van der Waals surface area contributed by atoms with E-state index in [2.05, 4.69) is 29.1 Å². The number of hydrogen-bond donors (Lipinski definition) is 1. The van der Waals surface area contributed by atoms with Gasteiger partial charge in [-0.05, 0) is 37.3 Å². The molecule has 0 spiro atoms. The van der Waals surface area contributed by atoms with E-state index in [0.29, 0.717) is 23.0 Å². The molecule has 2 rings (SSSR count). The fourth-order valence-electron chi connectivity index (χ4n) is 3.17. The summed E-state index contributed by atoms with van der Waals surface area (Å²) in [5, 5.41) is 12.1. The van der Waals surface area contributed by atoms with Crippen LogP contribution in [0.1, 0.15) is 38.3 Å². The quantitative estimate of drug-likeness (QED) is 0.688. The molecule has 124 valence electrons. The molecule has 1 fully saturated rings. The van der Waals surface area contributed by atoms with Gasteiger partial charge >= 0.3 is 0 Å². The number of nitriles is 1. The van der Waals surface area contributed by atoms with Crippen LogP contribution >= 0.6 is 0 Å². The van der Waals surface area contributed by atoms with E-state index in [1.807, 2.05) is 13.0 Å². The summed E-state index contributed by atoms with van der Waals surface area (Å²) >= 11 is 0. The molecule has 1 heterocycles. The Hall–Kier alpha value is -2.09. The second-order valence-corrected chi connectivity index (χ2v) is 6.44. The first-order chi connectivity index (χ1) is 11.0. The topological polar surface area (TPSA) is 51.4 Å². The maximum absolute atomic E-state index is 14.0. The minimum Gasteiger partial charge on any atom is -0.357 e. The Kier molecular flexibility index (Phi) is 5.97. The van der Waals surface area contributed by atoms with E-state index in [0.717, 1.165) is 25.6 Å². The van der Waals surface area contributed by atoms with E-state index in [1.54, 1.807) is 12.1 Å². The SMILES string of the molecule is CCNC(=NCc1ccc(C#N)cc1F)N1CC(C)CC(C)C1. The Labute approximate surface area is 138 Å². The van der Waals surface area contributed by atoms with Crippen LogP contribution in [0.4, 0.5) is 4.39 Å². The van der Waals surface area contributed by atoms with Crippen LogP contribution in [-0.4, -0.2) is 30.5 Å². The van der Waals surface area contributed by atoms with Crippen molar-refractivity contribution in [1.82, 2.24) is 10.2 Å². The van der Waals surface area contributed by atoms with Crippen molar-refractivity contribution in [3.05, 3.63) is 35.1 Å². The number of aliphatic imine (C=N–C) groups is 1. The Morgan fingerprint density at radius 1 is 1.39 bits per heavy atom. The molecule has 1 N–H and O–H groups in total. The lowest BCUT2D eigenvalue weighted by Gasteiger charge is -2.37. The van der Waals surface area contributed by atoms with Gasteiger partial charge in [0.05, 0.1) is 18.2 Å². The van der Waals surface area contributed by atoms with Crippen molar-refractivity contribution in [2.75, 3.05) is 19.6 Å². The number of halogens is 1.